The van der Waals surface area contributed by atoms with E-state index in [1.54, 1.807) is 36.4 Å². The molecule has 9 heteroatoms. The van der Waals surface area contributed by atoms with Crippen LogP contribution in [0.4, 0.5) is 0 Å². The molecule has 0 aliphatic heterocycles. The summed E-state index contributed by atoms with van der Waals surface area (Å²) in [5.74, 6) is -1.64. The largest absolute Gasteiger partial charge is 0.481 e. The van der Waals surface area contributed by atoms with Crippen LogP contribution >= 0.6 is 34.8 Å². The molecule has 0 saturated carbocycles. The number of rotatable bonds is 11. The van der Waals surface area contributed by atoms with Gasteiger partial charge < -0.3 is 15.0 Å². The van der Waals surface area contributed by atoms with Crippen molar-refractivity contribution in [2.45, 2.75) is 32.6 Å². The standard InChI is InChI=1S/C30H27Cl3N2O4/c1-2-3-20(12-18-4-6-19(7-5-18)30(39)34-11-10-28(36)37)29(38)27-14-21-13-22(31)8-9-26(21)35(27)25-16-23(32)15-24(33)17-25/h4-9,13-17,20H,2-3,10-12H2,1H3,(H,34,39)(H,36,37)/t20-/m0/s1. The van der Waals surface area contributed by atoms with Gasteiger partial charge in [0.25, 0.3) is 5.91 Å². The fourth-order valence-corrected chi connectivity index (χ4v) is 5.35. The molecule has 4 rings (SSSR count). The third kappa shape index (κ3) is 7.01. The molecule has 6 nitrogen and oxygen atoms in total. The summed E-state index contributed by atoms with van der Waals surface area (Å²) in [6.45, 7) is 2.09. The van der Waals surface area contributed by atoms with Crippen LogP contribution in [0.2, 0.25) is 15.1 Å². The van der Waals surface area contributed by atoms with E-state index in [0.29, 0.717) is 44.9 Å². The molecule has 0 fully saturated rings. The fourth-order valence-electron chi connectivity index (χ4n) is 4.66. The van der Waals surface area contributed by atoms with Crippen LogP contribution in [-0.2, 0) is 11.2 Å². The fraction of sp³-hybridized carbons (Fsp3) is 0.233. The predicted octanol–water partition coefficient (Wildman–Crippen LogP) is 7.64. The third-order valence-corrected chi connectivity index (χ3v) is 7.12. The lowest BCUT2D eigenvalue weighted by Crippen LogP contribution is -2.26. The number of hydrogen-bond acceptors (Lipinski definition) is 3. The van der Waals surface area contributed by atoms with Gasteiger partial charge in [0.2, 0.25) is 0 Å². The number of Topliss-reactive ketones (excluding diaryl/α,β-unsaturated/α-hetero) is 1. The summed E-state index contributed by atoms with van der Waals surface area (Å²) in [6.07, 6.45) is 1.84. The van der Waals surface area contributed by atoms with Crippen LogP contribution in [0.3, 0.4) is 0 Å². The highest BCUT2D eigenvalue weighted by molar-refractivity contribution is 6.35. The number of nitrogens with zero attached hydrogens (tertiary/aromatic N) is 1. The summed E-state index contributed by atoms with van der Waals surface area (Å²) in [7, 11) is 0. The van der Waals surface area contributed by atoms with E-state index < -0.39 is 5.97 Å². The molecule has 4 aromatic rings. The zero-order valence-electron chi connectivity index (χ0n) is 21.2. The Morgan fingerprint density at radius 1 is 0.897 bits per heavy atom. The first kappa shape index (κ1) is 28.7. The number of aliphatic carboxylic acids is 1. The number of carbonyl (C=O) groups excluding carboxylic acids is 2. The van der Waals surface area contributed by atoms with Crippen molar-refractivity contribution in [2.24, 2.45) is 5.92 Å². The van der Waals surface area contributed by atoms with Crippen molar-refractivity contribution in [1.29, 1.82) is 0 Å². The van der Waals surface area contributed by atoms with Gasteiger partial charge in [0.05, 0.1) is 17.6 Å². The Morgan fingerprint density at radius 2 is 1.59 bits per heavy atom. The number of nitrogens with one attached hydrogen (secondary N) is 1. The topological polar surface area (TPSA) is 88.4 Å². The number of benzene rings is 3. The number of fused-ring (bicyclic) bond motifs is 1. The lowest BCUT2D eigenvalue weighted by Gasteiger charge is -2.18. The van der Waals surface area contributed by atoms with Crippen LogP contribution in [0.1, 0.15) is 52.6 Å². The second-order valence-corrected chi connectivity index (χ2v) is 10.7. The van der Waals surface area contributed by atoms with Crippen molar-refractivity contribution in [3.8, 4) is 5.69 Å². The van der Waals surface area contributed by atoms with Gasteiger partial charge in [-0.2, -0.15) is 0 Å². The first-order valence-electron chi connectivity index (χ1n) is 12.6. The van der Waals surface area contributed by atoms with Crippen molar-refractivity contribution in [2.75, 3.05) is 6.54 Å². The van der Waals surface area contributed by atoms with Gasteiger partial charge in [-0.1, -0.05) is 60.3 Å². The van der Waals surface area contributed by atoms with Gasteiger partial charge in [0.15, 0.2) is 5.78 Å². The van der Waals surface area contributed by atoms with Gasteiger partial charge >= 0.3 is 5.97 Å². The van der Waals surface area contributed by atoms with Crippen molar-refractivity contribution < 1.29 is 19.5 Å². The first-order valence-corrected chi connectivity index (χ1v) is 13.7. The minimum absolute atomic E-state index is 0.0178. The van der Waals surface area contributed by atoms with Gasteiger partial charge in [-0.3, -0.25) is 14.4 Å². The maximum Gasteiger partial charge on any atom is 0.305 e. The molecular formula is C30H27Cl3N2O4. The van der Waals surface area contributed by atoms with E-state index in [-0.39, 0.29) is 30.6 Å². The maximum absolute atomic E-state index is 14.1. The number of carboxylic acid groups (broad SMARTS) is 1. The lowest BCUT2D eigenvalue weighted by molar-refractivity contribution is -0.136. The molecule has 0 saturated heterocycles. The minimum atomic E-state index is -0.974. The van der Waals surface area contributed by atoms with Crippen molar-refractivity contribution in [1.82, 2.24) is 9.88 Å². The van der Waals surface area contributed by atoms with Crippen LogP contribution in [0.5, 0.6) is 0 Å². The quantitative estimate of drug-likeness (QED) is 0.177. The molecule has 3 aromatic carbocycles. The van der Waals surface area contributed by atoms with Gasteiger partial charge in [0.1, 0.15) is 0 Å². The van der Waals surface area contributed by atoms with Crippen LogP contribution in [-0.4, -0.2) is 33.9 Å². The van der Waals surface area contributed by atoms with Crippen LogP contribution in [0, 0.1) is 5.92 Å². The number of halogens is 3. The Morgan fingerprint density at radius 3 is 2.23 bits per heavy atom. The summed E-state index contributed by atoms with van der Waals surface area (Å²) in [4.78, 5) is 37.0. The molecule has 1 aromatic heterocycles. The maximum atomic E-state index is 14.1. The van der Waals surface area contributed by atoms with Crippen LogP contribution in [0.25, 0.3) is 16.6 Å². The molecule has 39 heavy (non-hydrogen) atoms. The average molecular weight is 586 g/mol. The predicted molar refractivity (Wildman–Crippen MR) is 156 cm³/mol. The molecule has 0 unspecified atom stereocenters. The molecular weight excluding hydrogens is 559 g/mol. The SMILES string of the molecule is CCC[C@@H](Cc1ccc(C(=O)NCCC(=O)O)cc1)C(=O)c1cc2cc(Cl)ccc2n1-c1cc(Cl)cc(Cl)c1. The van der Waals surface area contributed by atoms with E-state index >= 15 is 0 Å². The summed E-state index contributed by atoms with van der Waals surface area (Å²) >= 11 is 18.9. The highest BCUT2D eigenvalue weighted by Crippen LogP contribution is 2.32. The van der Waals surface area contributed by atoms with Crippen LogP contribution in [0.15, 0.2) is 66.7 Å². The van der Waals surface area contributed by atoms with Crippen molar-refractivity contribution >= 4 is 63.4 Å². The lowest BCUT2D eigenvalue weighted by atomic mass is 9.89. The molecule has 0 aliphatic rings. The minimum Gasteiger partial charge on any atom is -0.481 e. The second kappa shape index (κ2) is 12.7. The van der Waals surface area contributed by atoms with E-state index in [1.807, 2.05) is 41.8 Å². The molecule has 0 bridgehead atoms. The Kier molecular flexibility index (Phi) is 9.33. The number of carboxylic acids is 1. The Labute approximate surface area is 241 Å². The second-order valence-electron chi connectivity index (χ2n) is 9.35. The average Bonchev–Trinajstić information content (AvgIpc) is 3.26. The molecule has 202 valence electrons. The van der Waals surface area contributed by atoms with Crippen molar-refractivity contribution in [3.63, 3.8) is 0 Å². The number of carbonyl (C=O) groups is 3. The number of hydrogen-bond donors (Lipinski definition) is 2. The van der Waals surface area contributed by atoms with Gasteiger partial charge in [-0.25, -0.2) is 0 Å². The number of amides is 1. The Bertz CT molecular complexity index is 1510. The zero-order valence-corrected chi connectivity index (χ0v) is 23.5. The summed E-state index contributed by atoms with van der Waals surface area (Å²) < 4.78 is 1.87. The highest BCUT2D eigenvalue weighted by atomic mass is 35.5. The smallest absolute Gasteiger partial charge is 0.305 e. The van der Waals surface area contributed by atoms with E-state index in [4.69, 9.17) is 39.9 Å². The van der Waals surface area contributed by atoms with Gasteiger partial charge in [-0.15, -0.1) is 0 Å². The van der Waals surface area contributed by atoms with E-state index in [2.05, 4.69) is 5.32 Å². The van der Waals surface area contributed by atoms with E-state index in [0.717, 1.165) is 22.9 Å². The Balaban J connectivity index is 1.64. The zero-order chi connectivity index (χ0) is 28.1. The Hall–Kier alpha value is -3.32. The molecule has 1 heterocycles. The molecule has 0 aliphatic carbocycles. The molecule has 1 atom stereocenters. The number of ketones is 1. The molecule has 0 spiro atoms. The number of aromatic nitrogens is 1. The van der Waals surface area contributed by atoms with Gasteiger partial charge in [0, 0.05) is 44.2 Å². The highest BCUT2D eigenvalue weighted by Gasteiger charge is 2.25. The monoisotopic (exact) mass is 584 g/mol. The summed E-state index contributed by atoms with van der Waals surface area (Å²) in [5, 5.41) is 13.7. The molecule has 1 amide bonds. The molecule has 0 radical (unpaired) electrons. The van der Waals surface area contributed by atoms with E-state index in [1.165, 1.54) is 0 Å². The van der Waals surface area contributed by atoms with Gasteiger partial charge in [-0.05, 0) is 73.0 Å². The van der Waals surface area contributed by atoms with E-state index in [9.17, 15) is 14.4 Å². The third-order valence-electron chi connectivity index (χ3n) is 6.45. The summed E-state index contributed by atoms with van der Waals surface area (Å²) in [5.41, 5.74) is 3.35. The normalized spacial score (nSPS) is 11.9. The van der Waals surface area contributed by atoms with Crippen molar-refractivity contribution in [3.05, 3.63) is 98.6 Å². The van der Waals surface area contributed by atoms with Crippen LogP contribution < -0.4 is 5.32 Å². The molecule has 2 N–H and O–H groups in total. The first-order chi connectivity index (χ1) is 18.7. The summed E-state index contributed by atoms with van der Waals surface area (Å²) in [6, 6.07) is 19.5.